The minimum Gasteiger partial charge on any atom is -0.467 e. The fourth-order valence-corrected chi connectivity index (χ4v) is 5.37. The monoisotopic (exact) mass is 273 g/mol. The van der Waals surface area contributed by atoms with Gasteiger partial charge in [0, 0.05) is 12.0 Å². The first-order valence-electron chi connectivity index (χ1n) is 7.83. The Labute approximate surface area is 120 Å². The molecule has 1 heterocycles. The van der Waals surface area contributed by atoms with Crippen LogP contribution in [0, 0.1) is 17.8 Å². The SMILES string of the molecule is COc1nc(CN)cc(C23CC4CC(CC(C4)C2)C3)n1. The van der Waals surface area contributed by atoms with Crippen molar-refractivity contribution >= 4 is 0 Å². The number of aromatic nitrogens is 2. The van der Waals surface area contributed by atoms with Crippen molar-refractivity contribution in [2.24, 2.45) is 23.5 Å². The van der Waals surface area contributed by atoms with E-state index in [0.29, 0.717) is 12.6 Å². The summed E-state index contributed by atoms with van der Waals surface area (Å²) >= 11 is 0. The maximum atomic E-state index is 5.79. The van der Waals surface area contributed by atoms with E-state index < -0.39 is 0 Å². The van der Waals surface area contributed by atoms with E-state index in [1.165, 1.54) is 44.2 Å². The van der Waals surface area contributed by atoms with Crippen LogP contribution in [0.4, 0.5) is 0 Å². The third-order valence-corrected chi connectivity index (χ3v) is 5.73. The van der Waals surface area contributed by atoms with Gasteiger partial charge in [-0.25, -0.2) is 0 Å². The first-order valence-corrected chi connectivity index (χ1v) is 7.83. The Hall–Kier alpha value is -1.16. The molecule has 108 valence electrons. The molecule has 0 spiro atoms. The van der Waals surface area contributed by atoms with E-state index >= 15 is 0 Å². The van der Waals surface area contributed by atoms with Crippen LogP contribution in [0.1, 0.15) is 49.9 Å². The molecular formula is C16H23N3O. The second kappa shape index (κ2) is 4.42. The minimum absolute atomic E-state index is 0.287. The van der Waals surface area contributed by atoms with Crippen molar-refractivity contribution in [1.82, 2.24) is 9.97 Å². The second-order valence-electron chi connectivity index (χ2n) is 7.13. The summed E-state index contributed by atoms with van der Waals surface area (Å²) in [6.07, 6.45) is 8.27. The van der Waals surface area contributed by atoms with Crippen LogP contribution in [0.25, 0.3) is 0 Å². The van der Waals surface area contributed by atoms with Crippen molar-refractivity contribution < 1.29 is 4.74 Å². The molecule has 4 nitrogen and oxygen atoms in total. The summed E-state index contributed by atoms with van der Waals surface area (Å²) in [5.41, 5.74) is 8.18. The lowest BCUT2D eigenvalue weighted by atomic mass is 9.49. The lowest BCUT2D eigenvalue weighted by molar-refractivity contribution is -0.00755. The highest BCUT2D eigenvalue weighted by Crippen LogP contribution is 2.60. The summed E-state index contributed by atoms with van der Waals surface area (Å²) in [4.78, 5) is 9.04. The van der Waals surface area contributed by atoms with E-state index in [2.05, 4.69) is 11.1 Å². The predicted molar refractivity (Wildman–Crippen MR) is 76.3 cm³/mol. The predicted octanol–water partition coefficient (Wildman–Crippen LogP) is 2.41. The van der Waals surface area contributed by atoms with E-state index in [9.17, 15) is 0 Å². The number of rotatable bonds is 3. The third-order valence-electron chi connectivity index (χ3n) is 5.73. The molecule has 4 bridgehead atoms. The van der Waals surface area contributed by atoms with Gasteiger partial charge in [-0.1, -0.05) is 0 Å². The zero-order chi connectivity index (χ0) is 13.7. The Balaban J connectivity index is 1.76. The van der Waals surface area contributed by atoms with E-state index in [-0.39, 0.29) is 5.41 Å². The molecule has 0 aromatic carbocycles. The Kier molecular flexibility index (Phi) is 2.78. The zero-order valence-corrected chi connectivity index (χ0v) is 12.1. The Morgan fingerprint density at radius 1 is 1.15 bits per heavy atom. The molecule has 5 rings (SSSR count). The van der Waals surface area contributed by atoms with Gasteiger partial charge in [0.2, 0.25) is 0 Å². The molecule has 1 aromatic rings. The van der Waals surface area contributed by atoms with Gasteiger partial charge >= 0.3 is 6.01 Å². The first-order chi connectivity index (χ1) is 9.70. The lowest BCUT2D eigenvalue weighted by Crippen LogP contribution is -2.49. The third kappa shape index (κ3) is 1.85. The number of hydrogen-bond acceptors (Lipinski definition) is 4. The number of nitrogens with two attached hydrogens (primary N) is 1. The van der Waals surface area contributed by atoms with Crippen LogP contribution in [-0.4, -0.2) is 17.1 Å². The van der Waals surface area contributed by atoms with Crippen molar-refractivity contribution in [3.8, 4) is 6.01 Å². The van der Waals surface area contributed by atoms with Crippen LogP contribution < -0.4 is 10.5 Å². The second-order valence-corrected chi connectivity index (χ2v) is 7.13. The van der Waals surface area contributed by atoms with Gasteiger partial charge in [-0.3, -0.25) is 0 Å². The van der Waals surface area contributed by atoms with E-state index in [1.807, 2.05) is 0 Å². The van der Waals surface area contributed by atoms with Crippen molar-refractivity contribution in [3.63, 3.8) is 0 Å². The Morgan fingerprint density at radius 2 is 1.75 bits per heavy atom. The van der Waals surface area contributed by atoms with E-state index in [1.54, 1.807) is 7.11 Å². The molecule has 0 radical (unpaired) electrons. The fourth-order valence-electron chi connectivity index (χ4n) is 5.37. The quantitative estimate of drug-likeness (QED) is 0.918. The van der Waals surface area contributed by atoms with Gasteiger partial charge in [0.1, 0.15) is 0 Å². The molecule has 4 fully saturated rings. The highest BCUT2D eigenvalue weighted by molar-refractivity contribution is 5.26. The molecule has 4 heteroatoms. The number of methoxy groups -OCH3 is 1. The van der Waals surface area contributed by atoms with Gasteiger partial charge in [-0.2, -0.15) is 9.97 Å². The maximum absolute atomic E-state index is 5.79. The van der Waals surface area contributed by atoms with Gasteiger partial charge < -0.3 is 10.5 Å². The summed E-state index contributed by atoms with van der Waals surface area (Å²) in [6.45, 7) is 0.457. The topological polar surface area (TPSA) is 61.0 Å². The molecule has 0 aliphatic heterocycles. The minimum atomic E-state index is 0.287. The zero-order valence-electron chi connectivity index (χ0n) is 12.1. The number of ether oxygens (including phenoxy) is 1. The number of hydrogen-bond donors (Lipinski definition) is 1. The van der Waals surface area contributed by atoms with Gasteiger partial charge in [-0.15, -0.1) is 0 Å². The molecular weight excluding hydrogens is 250 g/mol. The molecule has 4 aliphatic rings. The molecule has 4 aliphatic carbocycles. The van der Waals surface area contributed by atoms with E-state index in [4.69, 9.17) is 15.5 Å². The molecule has 1 aromatic heterocycles. The standard InChI is InChI=1S/C16H23N3O/c1-20-15-18-13(9-17)5-14(19-15)16-6-10-2-11(7-16)4-12(3-10)8-16/h5,10-12H,2-4,6-9,17H2,1H3. The molecule has 0 atom stereocenters. The van der Waals surface area contributed by atoms with E-state index in [0.717, 1.165) is 23.4 Å². The van der Waals surface area contributed by atoms with Crippen LogP contribution in [0.2, 0.25) is 0 Å². The first kappa shape index (κ1) is 12.6. The summed E-state index contributed by atoms with van der Waals surface area (Å²) < 4.78 is 5.28. The summed E-state index contributed by atoms with van der Waals surface area (Å²) in [5.74, 6) is 2.76. The summed E-state index contributed by atoms with van der Waals surface area (Å²) in [6, 6.07) is 2.62. The van der Waals surface area contributed by atoms with Crippen LogP contribution in [0.3, 0.4) is 0 Å². The van der Waals surface area contributed by atoms with Crippen molar-refractivity contribution in [1.29, 1.82) is 0 Å². The average molecular weight is 273 g/mol. The van der Waals surface area contributed by atoms with Crippen molar-refractivity contribution in [3.05, 3.63) is 17.5 Å². The van der Waals surface area contributed by atoms with Crippen LogP contribution in [0.5, 0.6) is 6.01 Å². The van der Waals surface area contributed by atoms with Crippen molar-refractivity contribution in [2.75, 3.05) is 7.11 Å². The highest BCUT2D eigenvalue weighted by atomic mass is 16.5. The molecule has 0 amide bonds. The smallest absolute Gasteiger partial charge is 0.316 e. The molecule has 4 saturated carbocycles. The molecule has 20 heavy (non-hydrogen) atoms. The van der Waals surface area contributed by atoms with Gasteiger partial charge in [0.05, 0.1) is 18.5 Å². The Morgan fingerprint density at radius 3 is 2.25 bits per heavy atom. The van der Waals surface area contributed by atoms with Gasteiger partial charge in [0.25, 0.3) is 0 Å². The molecule has 2 N–H and O–H groups in total. The van der Waals surface area contributed by atoms with Crippen LogP contribution >= 0.6 is 0 Å². The Bertz CT molecular complexity index is 471. The lowest BCUT2D eigenvalue weighted by Gasteiger charge is -2.56. The van der Waals surface area contributed by atoms with Crippen molar-refractivity contribution in [2.45, 2.75) is 50.5 Å². The van der Waals surface area contributed by atoms with Gasteiger partial charge in [-0.05, 0) is 62.3 Å². The highest BCUT2D eigenvalue weighted by Gasteiger charge is 2.52. The maximum Gasteiger partial charge on any atom is 0.316 e. The fraction of sp³-hybridized carbons (Fsp3) is 0.750. The average Bonchev–Trinajstić information content (AvgIpc) is 2.45. The van der Waals surface area contributed by atoms with Gasteiger partial charge in [0.15, 0.2) is 0 Å². The molecule has 0 unspecified atom stereocenters. The van der Waals surface area contributed by atoms with Crippen LogP contribution in [-0.2, 0) is 12.0 Å². The summed E-state index contributed by atoms with van der Waals surface area (Å²) in [7, 11) is 1.64. The van der Waals surface area contributed by atoms with Crippen LogP contribution in [0.15, 0.2) is 6.07 Å². The number of nitrogens with zero attached hydrogens (tertiary/aromatic N) is 2. The summed E-state index contributed by atoms with van der Waals surface area (Å²) in [5, 5.41) is 0. The molecule has 0 saturated heterocycles. The largest absolute Gasteiger partial charge is 0.467 e. The normalized spacial score (nSPS) is 38.2.